The van der Waals surface area contributed by atoms with Gasteiger partial charge in [-0.05, 0) is 48.1 Å². The molecule has 0 saturated carbocycles. The molecule has 7 nitrogen and oxygen atoms in total. The third-order valence-electron chi connectivity index (χ3n) is 5.89. The van der Waals surface area contributed by atoms with E-state index in [-0.39, 0.29) is 10.9 Å². The van der Waals surface area contributed by atoms with Gasteiger partial charge >= 0.3 is 0 Å². The van der Waals surface area contributed by atoms with Crippen LogP contribution in [-0.4, -0.2) is 23.1 Å². The largest absolute Gasteiger partial charge is 0.348 e. The molecule has 0 spiro atoms. The topological polar surface area (TPSA) is 101 Å². The maximum absolute atomic E-state index is 13.5. The number of amides is 1. The Morgan fingerprint density at radius 3 is 2.61 bits per heavy atom. The molecule has 1 heterocycles. The van der Waals surface area contributed by atoms with Crippen molar-refractivity contribution in [3.63, 3.8) is 0 Å². The van der Waals surface area contributed by atoms with Crippen LogP contribution in [0.2, 0.25) is 0 Å². The molecule has 2 N–H and O–H groups in total. The van der Waals surface area contributed by atoms with E-state index in [0.717, 1.165) is 36.6 Å². The molecule has 9 heteroatoms. The second-order valence-electron chi connectivity index (χ2n) is 8.01. The highest BCUT2D eigenvalue weighted by Gasteiger charge is 2.31. The Morgan fingerprint density at radius 1 is 0.970 bits per heavy atom. The molecule has 0 unspecified atom stereocenters. The summed E-state index contributed by atoms with van der Waals surface area (Å²) in [6.07, 6.45) is 2.74. The first-order valence-electron chi connectivity index (χ1n) is 10.7. The molecule has 5 rings (SSSR count). The number of nitrogens with one attached hydrogen (secondary N) is 2. The number of carbonyl (C=O) groups is 1. The first-order valence-corrected chi connectivity index (χ1v) is 12.9. The van der Waals surface area contributed by atoms with Gasteiger partial charge in [-0.25, -0.2) is 8.42 Å². The molecule has 1 aromatic heterocycles. The summed E-state index contributed by atoms with van der Waals surface area (Å²) in [6.45, 7) is 0. The number of aromatic nitrogens is 2. The van der Waals surface area contributed by atoms with E-state index in [1.807, 2.05) is 24.3 Å². The molecular weight excluding hydrogens is 456 g/mol. The Labute approximate surface area is 196 Å². The monoisotopic (exact) mass is 478 g/mol. The molecule has 4 aromatic rings. The summed E-state index contributed by atoms with van der Waals surface area (Å²) in [5.41, 5.74) is 3.66. The second kappa shape index (κ2) is 9.01. The van der Waals surface area contributed by atoms with Crippen LogP contribution in [0.3, 0.4) is 0 Å². The van der Waals surface area contributed by atoms with Crippen LogP contribution in [0.25, 0.3) is 11.0 Å². The van der Waals surface area contributed by atoms with E-state index >= 15 is 0 Å². The lowest BCUT2D eigenvalue weighted by molar-refractivity contribution is -0.123. The Hall–Kier alpha value is -3.14. The summed E-state index contributed by atoms with van der Waals surface area (Å²) in [7, 11) is -4.06. The van der Waals surface area contributed by atoms with Gasteiger partial charge in [0.2, 0.25) is 15.9 Å². The average molecular weight is 479 g/mol. The molecule has 33 heavy (non-hydrogen) atoms. The third-order valence-corrected chi connectivity index (χ3v) is 7.89. The lowest BCUT2D eigenvalue weighted by atomic mass is 9.87. The van der Waals surface area contributed by atoms with Gasteiger partial charge in [-0.2, -0.15) is 13.5 Å². The predicted molar refractivity (Wildman–Crippen MR) is 127 cm³/mol. The number of sulfonamides is 1. The first-order chi connectivity index (χ1) is 16.0. The molecule has 0 aliphatic heterocycles. The van der Waals surface area contributed by atoms with E-state index in [1.165, 1.54) is 11.6 Å². The van der Waals surface area contributed by atoms with Crippen LogP contribution in [0, 0.1) is 0 Å². The van der Waals surface area contributed by atoms with Crippen molar-refractivity contribution in [1.82, 2.24) is 18.8 Å². The number of carbonyl (C=O) groups excluding carboxylic acids is 1. The van der Waals surface area contributed by atoms with Crippen LogP contribution in [0.15, 0.2) is 77.7 Å². The van der Waals surface area contributed by atoms with E-state index in [2.05, 4.69) is 24.9 Å². The molecule has 0 radical (unpaired) electrons. The molecule has 1 amide bonds. The highest BCUT2D eigenvalue weighted by molar-refractivity contribution is 7.89. The van der Waals surface area contributed by atoms with Crippen molar-refractivity contribution >= 4 is 38.7 Å². The fourth-order valence-electron chi connectivity index (χ4n) is 4.29. The Balaban J connectivity index is 1.47. The number of aryl methyl sites for hydroxylation is 1. The molecule has 3 aromatic carbocycles. The van der Waals surface area contributed by atoms with Gasteiger partial charge in [0.05, 0.1) is 17.8 Å². The predicted octanol–water partition coefficient (Wildman–Crippen LogP) is 3.90. The molecule has 2 atom stereocenters. The number of hydrogen-bond acceptors (Lipinski definition) is 6. The van der Waals surface area contributed by atoms with Gasteiger partial charge in [-0.1, -0.05) is 60.7 Å². The second-order valence-corrected chi connectivity index (χ2v) is 10.2. The van der Waals surface area contributed by atoms with Crippen LogP contribution >= 0.6 is 11.7 Å². The summed E-state index contributed by atoms with van der Waals surface area (Å²) in [5.74, 6) is -0.393. The number of hydrogen-bond donors (Lipinski definition) is 2. The molecule has 0 bridgehead atoms. The van der Waals surface area contributed by atoms with Gasteiger partial charge in [-0.15, -0.1) is 0 Å². The van der Waals surface area contributed by atoms with Crippen LogP contribution < -0.4 is 10.0 Å². The van der Waals surface area contributed by atoms with Gasteiger partial charge in [0.15, 0.2) is 0 Å². The van der Waals surface area contributed by atoms with Gasteiger partial charge < -0.3 is 5.32 Å². The standard InChI is InChI=1S/C24H22N4O3S2/c29-24(25-19-13-6-11-16-8-4-5-12-18(16)19)22(17-9-2-1-3-10-17)28-33(30,31)21-15-7-14-20-23(21)27-32-26-20/h1-5,7-10,12,14-15,19,22,28H,6,11,13H2,(H,25,29)/t19-,22+/m0/s1. The molecule has 1 aliphatic carbocycles. The van der Waals surface area contributed by atoms with Crippen molar-refractivity contribution in [3.05, 3.63) is 89.5 Å². The zero-order valence-corrected chi connectivity index (χ0v) is 19.3. The minimum atomic E-state index is -4.06. The summed E-state index contributed by atoms with van der Waals surface area (Å²) in [5, 5.41) is 3.09. The average Bonchev–Trinajstić information content (AvgIpc) is 3.32. The van der Waals surface area contributed by atoms with Crippen molar-refractivity contribution in [2.75, 3.05) is 0 Å². The fraction of sp³-hybridized carbons (Fsp3) is 0.208. The van der Waals surface area contributed by atoms with E-state index in [0.29, 0.717) is 16.6 Å². The Morgan fingerprint density at radius 2 is 1.76 bits per heavy atom. The summed E-state index contributed by atoms with van der Waals surface area (Å²) in [6, 6.07) is 20.5. The number of rotatable bonds is 6. The highest BCUT2D eigenvalue weighted by Crippen LogP contribution is 2.30. The van der Waals surface area contributed by atoms with Gasteiger partial charge in [-0.3, -0.25) is 4.79 Å². The maximum atomic E-state index is 13.5. The zero-order valence-electron chi connectivity index (χ0n) is 17.6. The third kappa shape index (κ3) is 4.39. The maximum Gasteiger partial charge on any atom is 0.243 e. The lowest BCUT2D eigenvalue weighted by Crippen LogP contribution is -2.42. The van der Waals surface area contributed by atoms with Crippen molar-refractivity contribution in [2.45, 2.75) is 36.2 Å². The quantitative estimate of drug-likeness (QED) is 0.438. The van der Waals surface area contributed by atoms with Gasteiger partial charge in [0.1, 0.15) is 22.0 Å². The van der Waals surface area contributed by atoms with E-state index in [4.69, 9.17) is 0 Å². The summed E-state index contributed by atoms with van der Waals surface area (Å²) < 4.78 is 37.6. The molecule has 0 fully saturated rings. The minimum Gasteiger partial charge on any atom is -0.348 e. The van der Waals surface area contributed by atoms with Crippen LogP contribution in [0.5, 0.6) is 0 Å². The zero-order chi connectivity index (χ0) is 22.8. The van der Waals surface area contributed by atoms with Crippen LogP contribution in [0.1, 0.15) is 41.6 Å². The van der Waals surface area contributed by atoms with Crippen LogP contribution in [-0.2, 0) is 21.2 Å². The van der Waals surface area contributed by atoms with E-state index in [9.17, 15) is 13.2 Å². The lowest BCUT2D eigenvalue weighted by Gasteiger charge is -2.28. The number of fused-ring (bicyclic) bond motifs is 2. The van der Waals surface area contributed by atoms with Gasteiger partial charge in [0.25, 0.3) is 0 Å². The number of benzene rings is 3. The minimum absolute atomic E-state index is 0.00509. The van der Waals surface area contributed by atoms with Crippen molar-refractivity contribution in [2.24, 2.45) is 0 Å². The Bertz CT molecular complexity index is 1400. The molecule has 168 valence electrons. The summed E-state index contributed by atoms with van der Waals surface area (Å²) >= 11 is 0.950. The van der Waals surface area contributed by atoms with Crippen molar-refractivity contribution < 1.29 is 13.2 Å². The molecule has 0 saturated heterocycles. The van der Waals surface area contributed by atoms with Crippen molar-refractivity contribution in [3.8, 4) is 0 Å². The Kier molecular flexibility index (Phi) is 5.92. The SMILES string of the molecule is O=C(N[C@H]1CCCc2ccccc21)[C@H](NS(=O)(=O)c1cccc2nsnc12)c1ccccc1. The van der Waals surface area contributed by atoms with Crippen LogP contribution in [0.4, 0.5) is 0 Å². The first kappa shape index (κ1) is 21.7. The normalized spacial score (nSPS) is 16.8. The van der Waals surface area contributed by atoms with E-state index < -0.39 is 22.0 Å². The molecular formula is C24H22N4O3S2. The number of nitrogens with zero attached hydrogens (tertiary/aromatic N) is 2. The van der Waals surface area contributed by atoms with E-state index in [1.54, 1.807) is 36.4 Å². The fourth-order valence-corrected chi connectivity index (χ4v) is 6.24. The highest BCUT2D eigenvalue weighted by atomic mass is 32.2. The smallest absolute Gasteiger partial charge is 0.243 e. The van der Waals surface area contributed by atoms with Crippen molar-refractivity contribution in [1.29, 1.82) is 0 Å². The molecule has 1 aliphatic rings. The summed E-state index contributed by atoms with van der Waals surface area (Å²) in [4.78, 5) is 13.5. The van der Waals surface area contributed by atoms with Gasteiger partial charge in [0, 0.05) is 0 Å².